The van der Waals surface area contributed by atoms with Crippen molar-refractivity contribution in [2.75, 3.05) is 0 Å². The van der Waals surface area contributed by atoms with Crippen LogP contribution in [0.25, 0.3) is 0 Å². The Morgan fingerprint density at radius 3 is 2.62 bits per heavy atom. The summed E-state index contributed by atoms with van der Waals surface area (Å²) >= 11 is 0. The highest BCUT2D eigenvalue weighted by Crippen LogP contribution is 2.17. The second-order valence-electron chi connectivity index (χ2n) is 4.10. The van der Waals surface area contributed by atoms with Crippen LogP contribution in [-0.4, -0.2) is 18.0 Å². The number of hydrogen-bond donors (Lipinski definition) is 2. The van der Waals surface area contributed by atoms with E-state index in [4.69, 9.17) is 10.2 Å². The van der Waals surface area contributed by atoms with Crippen LogP contribution in [0.5, 0.6) is 0 Å². The molecule has 1 saturated carbocycles. The lowest BCUT2D eigenvalue weighted by Crippen LogP contribution is -2.40. The second-order valence-corrected chi connectivity index (χ2v) is 4.10. The first-order chi connectivity index (χ1) is 7.25. The molecule has 0 spiro atoms. The Kier molecular flexibility index (Phi) is 4.83. The lowest BCUT2D eigenvalue weighted by molar-refractivity contribution is 0.0925. The van der Waals surface area contributed by atoms with E-state index in [2.05, 4.69) is 5.32 Å². The maximum Gasteiger partial charge on any atom is 0.254 e. The van der Waals surface area contributed by atoms with Crippen molar-refractivity contribution in [2.24, 2.45) is 5.73 Å². The van der Waals surface area contributed by atoms with Crippen LogP contribution in [0.3, 0.4) is 0 Å². The van der Waals surface area contributed by atoms with Crippen molar-refractivity contribution < 1.29 is 9.21 Å². The molecule has 1 aromatic rings. The van der Waals surface area contributed by atoms with Gasteiger partial charge in [-0.15, -0.1) is 12.4 Å². The summed E-state index contributed by atoms with van der Waals surface area (Å²) in [5.41, 5.74) is 6.38. The number of nitrogens with one attached hydrogen (secondary N) is 1. The van der Waals surface area contributed by atoms with E-state index in [0.29, 0.717) is 11.6 Å². The molecular formula is C11H17ClN2O2. The van der Waals surface area contributed by atoms with E-state index in [9.17, 15) is 4.79 Å². The van der Waals surface area contributed by atoms with Gasteiger partial charge in [-0.1, -0.05) is 0 Å². The number of amides is 1. The van der Waals surface area contributed by atoms with Crippen LogP contribution in [0.2, 0.25) is 0 Å². The van der Waals surface area contributed by atoms with Crippen molar-refractivity contribution >= 4 is 18.3 Å². The van der Waals surface area contributed by atoms with E-state index in [1.807, 2.05) is 0 Å². The Morgan fingerprint density at radius 1 is 1.38 bits per heavy atom. The fourth-order valence-corrected chi connectivity index (χ4v) is 1.93. The van der Waals surface area contributed by atoms with Gasteiger partial charge in [-0.05, 0) is 31.7 Å². The zero-order valence-electron chi connectivity index (χ0n) is 9.02. The molecular weight excluding hydrogens is 228 g/mol. The normalized spacial score (nSPS) is 24.6. The maximum absolute atomic E-state index is 11.7. The minimum atomic E-state index is -0.0516. The van der Waals surface area contributed by atoms with Gasteiger partial charge in [0.2, 0.25) is 0 Å². The van der Waals surface area contributed by atoms with Gasteiger partial charge in [0.15, 0.2) is 0 Å². The molecule has 1 aliphatic rings. The monoisotopic (exact) mass is 244 g/mol. The van der Waals surface area contributed by atoms with Crippen LogP contribution < -0.4 is 11.1 Å². The topological polar surface area (TPSA) is 68.3 Å². The largest absolute Gasteiger partial charge is 0.472 e. The number of nitrogens with two attached hydrogens (primary N) is 1. The van der Waals surface area contributed by atoms with E-state index >= 15 is 0 Å². The fraction of sp³-hybridized carbons (Fsp3) is 0.545. The highest BCUT2D eigenvalue weighted by molar-refractivity contribution is 5.93. The molecule has 0 radical (unpaired) electrons. The number of furan rings is 1. The van der Waals surface area contributed by atoms with Crippen molar-refractivity contribution in [1.29, 1.82) is 0 Å². The molecule has 0 atom stereocenters. The van der Waals surface area contributed by atoms with E-state index in [1.54, 1.807) is 6.07 Å². The van der Waals surface area contributed by atoms with E-state index in [0.717, 1.165) is 25.7 Å². The Bertz CT molecular complexity index is 319. The molecule has 90 valence electrons. The number of rotatable bonds is 2. The molecule has 0 bridgehead atoms. The Balaban J connectivity index is 0.00000128. The average Bonchev–Trinajstić information content (AvgIpc) is 2.74. The van der Waals surface area contributed by atoms with Crippen LogP contribution in [0.4, 0.5) is 0 Å². The minimum Gasteiger partial charge on any atom is -0.472 e. The second kappa shape index (κ2) is 5.92. The first kappa shape index (κ1) is 13.1. The Labute approximate surface area is 101 Å². The quantitative estimate of drug-likeness (QED) is 0.832. The summed E-state index contributed by atoms with van der Waals surface area (Å²) in [6.07, 6.45) is 6.91. The molecule has 3 N–H and O–H groups in total. The molecule has 1 fully saturated rings. The minimum absolute atomic E-state index is 0. The molecule has 2 rings (SSSR count). The fourth-order valence-electron chi connectivity index (χ4n) is 1.93. The Hall–Kier alpha value is -1.00. The van der Waals surface area contributed by atoms with Gasteiger partial charge >= 0.3 is 0 Å². The van der Waals surface area contributed by atoms with Crippen LogP contribution in [0.15, 0.2) is 23.0 Å². The van der Waals surface area contributed by atoms with Crippen molar-refractivity contribution in [3.8, 4) is 0 Å². The number of carbonyl (C=O) groups excluding carboxylic acids is 1. The third kappa shape index (κ3) is 3.25. The van der Waals surface area contributed by atoms with Crippen molar-refractivity contribution in [3.05, 3.63) is 24.2 Å². The highest BCUT2D eigenvalue weighted by Gasteiger charge is 2.20. The van der Waals surface area contributed by atoms with Gasteiger partial charge in [0.25, 0.3) is 5.91 Å². The molecule has 1 heterocycles. The molecule has 16 heavy (non-hydrogen) atoms. The molecule has 1 amide bonds. The molecule has 1 aromatic heterocycles. The van der Waals surface area contributed by atoms with Crippen molar-refractivity contribution in [2.45, 2.75) is 37.8 Å². The van der Waals surface area contributed by atoms with Gasteiger partial charge in [0.1, 0.15) is 6.26 Å². The maximum atomic E-state index is 11.7. The third-order valence-electron chi connectivity index (χ3n) is 2.89. The summed E-state index contributed by atoms with van der Waals surface area (Å²) in [5, 5.41) is 2.99. The summed E-state index contributed by atoms with van der Waals surface area (Å²) in [4.78, 5) is 11.7. The van der Waals surface area contributed by atoms with Gasteiger partial charge in [0.05, 0.1) is 11.8 Å². The molecule has 0 unspecified atom stereocenters. The van der Waals surface area contributed by atoms with Gasteiger partial charge in [-0.25, -0.2) is 0 Å². The Morgan fingerprint density at radius 2 is 2.06 bits per heavy atom. The molecule has 0 aromatic carbocycles. The zero-order valence-corrected chi connectivity index (χ0v) is 9.83. The third-order valence-corrected chi connectivity index (χ3v) is 2.89. The number of halogens is 1. The summed E-state index contributed by atoms with van der Waals surface area (Å²) in [6.45, 7) is 0. The number of hydrogen-bond acceptors (Lipinski definition) is 3. The summed E-state index contributed by atoms with van der Waals surface area (Å²) < 4.78 is 4.86. The molecule has 1 aliphatic carbocycles. The number of carbonyl (C=O) groups is 1. The first-order valence-corrected chi connectivity index (χ1v) is 5.34. The van der Waals surface area contributed by atoms with Gasteiger partial charge in [0, 0.05) is 12.1 Å². The van der Waals surface area contributed by atoms with Gasteiger partial charge < -0.3 is 15.5 Å². The summed E-state index contributed by atoms with van der Waals surface area (Å²) in [6, 6.07) is 2.25. The first-order valence-electron chi connectivity index (χ1n) is 5.34. The van der Waals surface area contributed by atoms with Crippen molar-refractivity contribution in [3.63, 3.8) is 0 Å². The van der Waals surface area contributed by atoms with Gasteiger partial charge in [-0.2, -0.15) is 0 Å². The van der Waals surface area contributed by atoms with Crippen LogP contribution in [0.1, 0.15) is 36.0 Å². The van der Waals surface area contributed by atoms with Crippen LogP contribution in [0, 0.1) is 0 Å². The van der Waals surface area contributed by atoms with Crippen molar-refractivity contribution in [1.82, 2.24) is 5.32 Å². The average molecular weight is 245 g/mol. The highest BCUT2D eigenvalue weighted by atomic mass is 35.5. The molecule has 0 saturated heterocycles. The SMILES string of the molecule is Cl.NC1CCC(NC(=O)c2ccoc2)CC1. The predicted octanol–water partition coefficient (Wildman–Crippen LogP) is 1.70. The van der Waals surface area contributed by atoms with Crippen LogP contribution in [-0.2, 0) is 0 Å². The van der Waals surface area contributed by atoms with E-state index in [-0.39, 0.29) is 24.4 Å². The van der Waals surface area contributed by atoms with E-state index < -0.39 is 0 Å². The molecule has 0 aliphatic heterocycles. The van der Waals surface area contributed by atoms with E-state index in [1.165, 1.54) is 12.5 Å². The molecule has 4 nitrogen and oxygen atoms in total. The van der Waals surface area contributed by atoms with Crippen LogP contribution >= 0.6 is 12.4 Å². The summed E-state index contributed by atoms with van der Waals surface area (Å²) in [7, 11) is 0. The standard InChI is InChI=1S/C11H16N2O2.ClH/c12-9-1-3-10(4-2-9)13-11(14)8-5-6-15-7-8;/h5-7,9-10H,1-4,12H2,(H,13,14);1H. The summed E-state index contributed by atoms with van der Waals surface area (Å²) in [5.74, 6) is -0.0516. The lowest BCUT2D eigenvalue weighted by Gasteiger charge is -2.26. The zero-order chi connectivity index (χ0) is 10.7. The predicted molar refractivity (Wildman–Crippen MR) is 63.7 cm³/mol. The molecule has 5 heteroatoms. The van der Waals surface area contributed by atoms with Gasteiger partial charge in [-0.3, -0.25) is 4.79 Å². The smallest absolute Gasteiger partial charge is 0.254 e. The lowest BCUT2D eigenvalue weighted by atomic mass is 9.92.